The van der Waals surface area contributed by atoms with E-state index < -0.39 is 0 Å². The van der Waals surface area contributed by atoms with Crippen LogP contribution in [0.25, 0.3) is 10.9 Å². The molecule has 0 spiro atoms. The Morgan fingerprint density at radius 3 is 2.61 bits per heavy atom. The topological polar surface area (TPSA) is 39.0 Å². The van der Waals surface area contributed by atoms with Gasteiger partial charge in [-0.05, 0) is 49.2 Å². The first-order valence-electron chi connectivity index (χ1n) is 7.98. The van der Waals surface area contributed by atoms with E-state index in [2.05, 4.69) is 42.1 Å². The molecule has 23 heavy (non-hydrogen) atoms. The molecule has 0 radical (unpaired) electrons. The van der Waals surface area contributed by atoms with Gasteiger partial charge in [-0.2, -0.15) is 0 Å². The summed E-state index contributed by atoms with van der Waals surface area (Å²) in [4.78, 5) is 12.4. The van der Waals surface area contributed by atoms with Crippen LogP contribution in [0, 0.1) is 12.8 Å². The highest BCUT2D eigenvalue weighted by molar-refractivity contribution is 6.04. The fraction of sp³-hybridized carbons (Fsp3) is 0.316. The van der Waals surface area contributed by atoms with E-state index in [1.807, 2.05) is 42.8 Å². The van der Waals surface area contributed by atoms with Gasteiger partial charge in [0.2, 0.25) is 0 Å². The lowest BCUT2D eigenvalue weighted by Gasteiger charge is -2.10. The van der Waals surface area contributed by atoms with Crippen LogP contribution >= 0.6 is 0 Å². The maximum absolute atomic E-state index is 12.4. The quantitative estimate of drug-likeness (QED) is 0.771. The van der Waals surface area contributed by atoms with Gasteiger partial charge in [0, 0.05) is 42.1 Å². The smallest absolute Gasteiger partial charge is 0.272 e. The molecule has 3 aromatic rings. The maximum Gasteiger partial charge on any atom is 0.272 e. The molecule has 0 unspecified atom stereocenters. The molecule has 0 bridgehead atoms. The predicted octanol–water partition coefficient (Wildman–Crippen LogP) is 4.20. The third-order valence-corrected chi connectivity index (χ3v) is 4.20. The summed E-state index contributed by atoms with van der Waals surface area (Å²) in [6.07, 6.45) is 2.11. The molecule has 0 aliphatic carbocycles. The normalized spacial score (nSPS) is 11.3. The molecule has 120 valence electrons. The van der Waals surface area contributed by atoms with Crippen molar-refractivity contribution in [1.82, 2.24) is 9.13 Å². The van der Waals surface area contributed by atoms with E-state index in [0.717, 1.165) is 23.3 Å². The third-order valence-electron chi connectivity index (χ3n) is 4.20. The summed E-state index contributed by atoms with van der Waals surface area (Å²) in [6, 6.07) is 12.0. The number of amides is 1. The zero-order chi connectivity index (χ0) is 16.6. The van der Waals surface area contributed by atoms with Gasteiger partial charge in [-0.15, -0.1) is 0 Å². The molecule has 2 aromatic heterocycles. The highest BCUT2D eigenvalue weighted by Gasteiger charge is 2.12. The molecular formula is C19H23N3O. The molecule has 3 rings (SSSR count). The van der Waals surface area contributed by atoms with Gasteiger partial charge >= 0.3 is 0 Å². The zero-order valence-corrected chi connectivity index (χ0v) is 14.1. The molecule has 0 aliphatic rings. The number of rotatable bonds is 4. The number of hydrogen-bond donors (Lipinski definition) is 1. The molecule has 0 atom stereocenters. The minimum atomic E-state index is -0.0819. The number of anilines is 1. The van der Waals surface area contributed by atoms with Crippen molar-refractivity contribution in [3.63, 3.8) is 0 Å². The molecule has 0 saturated heterocycles. The highest BCUT2D eigenvalue weighted by Crippen LogP contribution is 2.22. The van der Waals surface area contributed by atoms with Crippen LogP contribution < -0.4 is 5.32 Å². The second-order valence-corrected chi connectivity index (χ2v) is 6.51. The van der Waals surface area contributed by atoms with Crippen LogP contribution in [-0.2, 0) is 13.6 Å². The molecule has 1 aromatic carbocycles. The molecule has 4 nitrogen and oxygen atoms in total. The number of hydrogen-bond acceptors (Lipinski definition) is 1. The average molecular weight is 309 g/mol. The van der Waals surface area contributed by atoms with E-state index in [1.165, 1.54) is 5.52 Å². The van der Waals surface area contributed by atoms with E-state index in [-0.39, 0.29) is 5.91 Å². The fourth-order valence-corrected chi connectivity index (χ4v) is 2.87. The Balaban J connectivity index is 1.84. The first kappa shape index (κ1) is 15.4. The van der Waals surface area contributed by atoms with Gasteiger partial charge in [0.25, 0.3) is 5.91 Å². The Labute approximate surface area is 136 Å². The van der Waals surface area contributed by atoms with Crippen LogP contribution in [0.1, 0.15) is 30.0 Å². The number of nitrogens with zero attached hydrogens (tertiary/aromatic N) is 2. The standard InChI is InChI=1S/C19H23N3O/c1-13(2)12-22-10-9-15-11-16(6-8-17(15)22)20-19(23)18-7-5-14(3)21(18)4/h5-11,13H,12H2,1-4H3,(H,20,23). The minimum absolute atomic E-state index is 0.0819. The predicted molar refractivity (Wildman–Crippen MR) is 94.9 cm³/mol. The Kier molecular flexibility index (Phi) is 3.99. The second kappa shape index (κ2) is 5.95. The minimum Gasteiger partial charge on any atom is -0.347 e. The lowest BCUT2D eigenvalue weighted by atomic mass is 10.2. The average Bonchev–Trinajstić information content (AvgIpc) is 3.03. The monoisotopic (exact) mass is 309 g/mol. The summed E-state index contributed by atoms with van der Waals surface area (Å²) in [7, 11) is 1.90. The number of carbonyl (C=O) groups excluding carboxylic acids is 1. The molecule has 1 amide bonds. The first-order chi connectivity index (χ1) is 11.0. The van der Waals surface area contributed by atoms with Crippen molar-refractivity contribution in [1.29, 1.82) is 0 Å². The summed E-state index contributed by atoms with van der Waals surface area (Å²) in [5.74, 6) is 0.520. The van der Waals surface area contributed by atoms with Crippen molar-refractivity contribution in [2.75, 3.05) is 5.32 Å². The van der Waals surface area contributed by atoms with E-state index >= 15 is 0 Å². The summed E-state index contributed by atoms with van der Waals surface area (Å²) in [6.45, 7) is 7.41. The Morgan fingerprint density at radius 1 is 1.17 bits per heavy atom. The first-order valence-corrected chi connectivity index (χ1v) is 7.98. The molecule has 0 saturated carbocycles. The molecule has 1 N–H and O–H groups in total. The third kappa shape index (κ3) is 3.02. The van der Waals surface area contributed by atoms with Gasteiger partial charge in [-0.1, -0.05) is 13.8 Å². The van der Waals surface area contributed by atoms with Gasteiger partial charge in [0.15, 0.2) is 0 Å². The number of aromatic nitrogens is 2. The van der Waals surface area contributed by atoms with Gasteiger partial charge in [-0.25, -0.2) is 0 Å². The molecule has 0 fully saturated rings. The van der Waals surface area contributed by atoms with Crippen molar-refractivity contribution in [3.05, 3.63) is 54.0 Å². The largest absolute Gasteiger partial charge is 0.347 e. The highest BCUT2D eigenvalue weighted by atomic mass is 16.1. The van der Waals surface area contributed by atoms with Crippen molar-refractivity contribution < 1.29 is 4.79 Å². The van der Waals surface area contributed by atoms with E-state index in [4.69, 9.17) is 0 Å². The van der Waals surface area contributed by atoms with Crippen molar-refractivity contribution in [3.8, 4) is 0 Å². The number of nitrogens with one attached hydrogen (secondary N) is 1. The SMILES string of the molecule is Cc1ccc(C(=O)Nc2ccc3c(ccn3CC(C)C)c2)n1C. The van der Waals surface area contributed by atoms with Crippen LogP contribution in [0.4, 0.5) is 5.69 Å². The summed E-state index contributed by atoms with van der Waals surface area (Å²) >= 11 is 0. The summed E-state index contributed by atoms with van der Waals surface area (Å²) < 4.78 is 4.15. The molecule has 0 aliphatic heterocycles. The van der Waals surface area contributed by atoms with Crippen molar-refractivity contribution in [2.24, 2.45) is 13.0 Å². The molecular weight excluding hydrogens is 286 g/mol. The zero-order valence-electron chi connectivity index (χ0n) is 14.1. The Morgan fingerprint density at radius 2 is 1.96 bits per heavy atom. The number of carbonyl (C=O) groups is 1. The lowest BCUT2D eigenvalue weighted by Crippen LogP contribution is -2.15. The Hall–Kier alpha value is -2.49. The van der Waals surface area contributed by atoms with Crippen LogP contribution in [0.5, 0.6) is 0 Å². The number of fused-ring (bicyclic) bond motifs is 1. The Bertz CT molecular complexity index is 855. The fourth-order valence-electron chi connectivity index (χ4n) is 2.87. The number of aryl methyl sites for hydroxylation is 1. The van der Waals surface area contributed by atoms with Gasteiger partial charge in [-0.3, -0.25) is 4.79 Å². The van der Waals surface area contributed by atoms with Crippen LogP contribution in [-0.4, -0.2) is 15.0 Å². The van der Waals surface area contributed by atoms with Gasteiger partial charge in [0.05, 0.1) is 0 Å². The van der Waals surface area contributed by atoms with E-state index in [0.29, 0.717) is 11.6 Å². The van der Waals surface area contributed by atoms with Gasteiger partial charge in [0.1, 0.15) is 5.69 Å². The molecule has 2 heterocycles. The maximum atomic E-state index is 12.4. The van der Waals surface area contributed by atoms with Crippen LogP contribution in [0.3, 0.4) is 0 Å². The van der Waals surface area contributed by atoms with Crippen LogP contribution in [0.15, 0.2) is 42.6 Å². The molecule has 4 heteroatoms. The van der Waals surface area contributed by atoms with E-state index in [1.54, 1.807) is 0 Å². The van der Waals surface area contributed by atoms with Crippen molar-refractivity contribution >= 4 is 22.5 Å². The van der Waals surface area contributed by atoms with Gasteiger partial charge < -0.3 is 14.5 Å². The number of benzene rings is 1. The summed E-state index contributed by atoms with van der Waals surface area (Å²) in [5, 5.41) is 4.13. The van der Waals surface area contributed by atoms with Crippen molar-refractivity contribution in [2.45, 2.75) is 27.3 Å². The lowest BCUT2D eigenvalue weighted by molar-refractivity contribution is 0.101. The second-order valence-electron chi connectivity index (χ2n) is 6.51. The van der Waals surface area contributed by atoms with Crippen LogP contribution in [0.2, 0.25) is 0 Å². The summed E-state index contributed by atoms with van der Waals surface area (Å²) in [5.41, 5.74) is 3.76. The van der Waals surface area contributed by atoms with E-state index in [9.17, 15) is 4.79 Å².